The zero-order valence-corrected chi connectivity index (χ0v) is 32.3. The molecule has 252 valence electrons. The number of ketones is 1. The Bertz CT molecular complexity index is 1610. The van der Waals surface area contributed by atoms with Crippen molar-refractivity contribution in [1.29, 1.82) is 0 Å². The van der Waals surface area contributed by atoms with E-state index >= 15 is 0 Å². The Balaban J connectivity index is 0.00000433. The lowest BCUT2D eigenvalue weighted by Crippen LogP contribution is -3.00. The first kappa shape index (κ1) is 36.4. The van der Waals surface area contributed by atoms with Gasteiger partial charge in [-0.2, -0.15) is 0 Å². The van der Waals surface area contributed by atoms with Crippen LogP contribution in [-0.4, -0.2) is 39.8 Å². The molecule has 3 saturated carbocycles. The minimum absolute atomic E-state index is 0. The number of hydrogen-bond acceptors (Lipinski definition) is 7. The fourth-order valence-electron chi connectivity index (χ4n) is 8.81. The summed E-state index contributed by atoms with van der Waals surface area (Å²) in [5, 5.41) is 13.8. The van der Waals surface area contributed by atoms with E-state index in [1.807, 2.05) is 30.5 Å². The molecule has 8 atom stereocenters. The number of thiazole rings is 1. The van der Waals surface area contributed by atoms with Crippen molar-refractivity contribution in [2.24, 2.45) is 34.0 Å². The van der Waals surface area contributed by atoms with E-state index in [0.717, 1.165) is 45.9 Å². The van der Waals surface area contributed by atoms with E-state index in [1.54, 1.807) is 0 Å². The lowest BCUT2D eigenvalue weighted by molar-refractivity contribution is -0.688. The maximum Gasteiger partial charge on any atom is 0.316 e. The van der Waals surface area contributed by atoms with Gasteiger partial charge in [0, 0.05) is 56.3 Å². The van der Waals surface area contributed by atoms with Crippen LogP contribution in [0.1, 0.15) is 65.4 Å². The highest BCUT2D eigenvalue weighted by Crippen LogP contribution is 2.68. The lowest BCUT2D eigenvalue weighted by atomic mass is 9.44. The molecule has 6 nitrogen and oxygen atoms in total. The molecule has 0 amide bonds. The van der Waals surface area contributed by atoms with Crippen LogP contribution < -0.4 is 21.5 Å². The second kappa shape index (κ2) is 14.2. The third-order valence-electron chi connectivity index (χ3n) is 11.8. The SMILES string of the molecule is C=C[C@]1(C)C[C@@H](OC(=O)CSc2nc(-c3cc[n+](Cc4ccc(Br)cc4)cc3)cs2)[C@]2(C)[C@H](C)CC[C@]3(CCC(=O)[C@H]32)[C@@H](C)[C@@H]1O.[Br-]. The summed E-state index contributed by atoms with van der Waals surface area (Å²) in [6, 6.07) is 12.4. The van der Waals surface area contributed by atoms with Gasteiger partial charge in [-0.1, -0.05) is 73.6 Å². The van der Waals surface area contributed by atoms with Gasteiger partial charge in [-0.15, -0.1) is 17.9 Å². The number of pyridine rings is 1. The number of benzene rings is 1. The molecule has 0 aliphatic heterocycles. The first-order chi connectivity index (χ1) is 21.9. The molecule has 3 aliphatic rings. The molecule has 6 rings (SSSR count). The number of aliphatic hydroxyl groups is 1. The highest BCUT2D eigenvalue weighted by molar-refractivity contribution is 9.10. The summed E-state index contributed by atoms with van der Waals surface area (Å²) < 4.78 is 10.4. The molecule has 2 heterocycles. The summed E-state index contributed by atoms with van der Waals surface area (Å²) in [5.74, 6) is 0.00517. The highest BCUT2D eigenvalue weighted by atomic mass is 79.9. The molecular weight excluding hydrogens is 760 g/mol. The van der Waals surface area contributed by atoms with Crippen LogP contribution >= 0.6 is 39.0 Å². The van der Waals surface area contributed by atoms with Crippen LogP contribution in [0, 0.1) is 34.0 Å². The van der Waals surface area contributed by atoms with Crippen molar-refractivity contribution in [3.63, 3.8) is 0 Å². The van der Waals surface area contributed by atoms with E-state index in [0.29, 0.717) is 12.8 Å². The van der Waals surface area contributed by atoms with E-state index < -0.39 is 23.0 Å². The number of nitrogens with zero attached hydrogens (tertiary/aromatic N) is 2. The predicted octanol–water partition coefficient (Wildman–Crippen LogP) is 4.91. The monoisotopic (exact) mass is 802 g/mol. The summed E-state index contributed by atoms with van der Waals surface area (Å²) >= 11 is 6.39. The molecule has 3 fully saturated rings. The molecule has 1 aromatic carbocycles. The molecule has 2 aromatic heterocycles. The van der Waals surface area contributed by atoms with Crippen molar-refractivity contribution in [2.45, 2.75) is 82.9 Å². The number of aliphatic hydroxyl groups excluding tert-OH is 1. The molecule has 10 heteroatoms. The van der Waals surface area contributed by atoms with Crippen LogP contribution in [0.15, 0.2) is 75.6 Å². The lowest BCUT2D eigenvalue weighted by Gasteiger charge is -2.61. The minimum atomic E-state index is -0.672. The number of Topliss-reactive ketones (excluding diaryl/α,β-unsaturated/α-hetero) is 1. The fourth-order valence-corrected chi connectivity index (χ4v) is 10.7. The number of hydrogen-bond donors (Lipinski definition) is 1. The predicted molar refractivity (Wildman–Crippen MR) is 186 cm³/mol. The smallest absolute Gasteiger partial charge is 0.316 e. The first-order valence-electron chi connectivity index (χ1n) is 16.3. The molecule has 0 unspecified atom stereocenters. The number of thioether (sulfide) groups is 1. The first-order valence-corrected chi connectivity index (χ1v) is 18.9. The Morgan fingerprint density at radius 1 is 1.19 bits per heavy atom. The van der Waals surface area contributed by atoms with Gasteiger partial charge < -0.3 is 26.8 Å². The number of carbonyl (C=O) groups excluding carboxylic acids is 2. The zero-order valence-electron chi connectivity index (χ0n) is 27.5. The van der Waals surface area contributed by atoms with Crippen LogP contribution in [0.25, 0.3) is 11.3 Å². The molecule has 0 spiro atoms. The second-order valence-electron chi connectivity index (χ2n) is 14.2. The Labute approximate surface area is 305 Å². The van der Waals surface area contributed by atoms with E-state index in [2.05, 4.69) is 84.5 Å². The van der Waals surface area contributed by atoms with E-state index in [-0.39, 0.29) is 57.7 Å². The number of carbonyl (C=O) groups is 2. The normalized spacial score (nSPS) is 33.2. The summed E-state index contributed by atoms with van der Waals surface area (Å²) in [4.78, 5) is 32.0. The number of rotatable bonds is 8. The molecule has 0 saturated heterocycles. The number of aromatic nitrogens is 2. The van der Waals surface area contributed by atoms with Gasteiger partial charge in [0.05, 0.1) is 17.6 Å². The summed E-state index contributed by atoms with van der Waals surface area (Å²) in [6.45, 7) is 13.4. The van der Waals surface area contributed by atoms with Crippen LogP contribution in [0.4, 0.5) is 0 Å². The van der Waals surface area contributed by atoms with Gasteiger partial charge in [0.25, 0.3) is 0 Å². The zero-order chi connectivity index (χ0) is 32.9. The Morgan fingerprint density at radius 2 is 1.89 bits per heavy atom. The van der Waals surface area contributed by atoms with Gasteiger partial charge in [-0.25, -0.2) is 9.55 Å². The molecule has 1 N–H and O–H groups in total. The van der Waals surface area contributed by atoms with Crippen LogP contribution in [0.3, 0.4) is 0 Å². The second-order valence-corrected chi connectivity index (χ2v) is 17.2. The van der Waals surface area contributed by atoms with Crippen molar-refractivity contribution in [1.82, 2.24) is 4.98 Å². The van der Waals surface area contributed by atoms with Crippen LogP contribution in [0.5, 0.6) is 0 Å². The third kappa shape index (κ3) is 6.71. The van der Waals surface area contributed by atoms with Gasteiger partial charge in [0.2, 0.25) is 0 Å². The van der Waals surface area contributed by atoms with Crippen LogP contribution in [0.2, 0.25) is 0 Å². The molecule has 0 radical (unpaired) electrons. The van der Waals surface area contributed by atoms with Crippen molar-refractivity contribution >= 4 is 50.8 Å². The van der Waals surface area contributed by atoms with Crippen LogP contribution in [-0.2, 0) is 20.9 Å². The third-order valence-corrected chi connectivity index (χ3v) is 14.4. The summed E-state index contributed by atoms with van der Waals surface area (Å²) in [6.07, 6.45) is 8.41. The average Bonchev–Trinajstić information content (AvgIpc) is 3.67. The van der Waals surface area contributed by atoms with Gasteiger partial charge in [-0.05, 0) is 55.1 Å². The molecule has 47 heavy (non-hydrogen) atoms. The van der Waals surface area contributed by atoms with Crippen molar-refractivity contribution in [3.8, 4) is 11.3 Å². The van der Waals surface area contributed by atoms with Gasteiger partial charge >= 0.3 is 5.97 Å². The van der Waals surface area contributed by atoms with Crippen molar-refractivity contribution in [3.05, 3.63) is 76.9 Å². The molecule has 3 aliphatic carbocycles. The molecule has 2 bridgehead atoms. The minimum Gasteiger partial charge on any atom is -1.00 e. The standard InChI is InChI=1S/C37H44BrN2O4S2.BrH/c1-6-35(4)19-30(36(5)23(2)11-15-37(24(3)33(35)43)16-12-29(41)32(36)37)44-31(42)22-46-34-39-28(21-45-34)26-13-17-40(18-14-26)20-25-7-9-27(38)10-8-25;/h6-10,13-14,17-18,21,23-24,30,32-33,43H,1,11-12,15-16,19-20,22H2,2-5H3;1H/q+1;/p-1/t23-,24+,30-,32+,33+,35-,36+,37+;/m1./s1. The highest BCUT2D eigenvalue weighted by Gasteiger charge is 2.68. The number of ether oxygens (including phenoxy) is 1. The Kier molecular flexibility index (Phi) is 11.0. The van der Waals surface area contributed by atoms with Gasteiger partial charge in [-0.3, -0.25) is 9.59 Å². The van der Waals surface area contributed by atoms with Crippen molar-refractivity contribution < 1.29 is 41.0 Å². The summed E-state index contributed by atoms with van der Waals surface area (Å²) in [7, 11) is 0. The topological polar surface area (TPSA) is 80.4 Å². The number of esters is 1. The van der Waals surface area contributed by atoms with Gasteiger partial charge in [0.15, 0.2) is 23.3 Å². The number of halogens is 2. The average molecular weight is 805 g/mol. The Morgan fingerprint density at radius 3 is 2.57 bits per heavy atom. The maximum atomic E-state index is 13.6. The maximum absolute atomic E-state index is 13.6. The van der Waals surface area contributed by atoms with E-state index in [9.17, 15) is 14.7 Å². The summed E-state index contributed by atoms with van der Waals surface area (Å²) in [5.41, 5.74) is 1.68. The van der Waals surface area contributed by atoms with Gasteiger partial charge in [0.1, 0.15) is 11.9 Å². The van der Waals surface area contributed by atoms with E-state index in [1.165, 1.54) is 28.7 Å². The van der Waals surface area contributed by atoms with Crippen molar-refractivity contribution in [2.75, 3.05) is 5.75 Å². The Hall–Kier alpha value is -1.85. The quantitative estimate of drug-likeness (QED) is 0.151. The molecule has 3 aromatic rings. The molecular formula is C37H44Br2N2O4S2. The largest absolute Gasteiger partial charge is 1.00 e. The fraction of sp³-hybridized carbons (Fsp3) is 0.514. The van der Waals surface area contributed by atoms with E-state index in [4.69, 9.17) is 9.72 Å².